The fourth-order valence-corrected chi connectivity index (χ4v) is 3.68. The summed E-state index contributed by atoms with van der Waals surface area (Å²) in [5, 5.41) is 3.54. The van der Waals surface area contributed by atoms with Gasteiger partial charge in [-0.3, -0.25) is 4.90 Å². The molecular formula is C17H35N3. The number of nitrogens with one attached hydrogen (secondary N) is 1. The molecule has 2 aliphatic rings. The number of piperidine rings is 1. The molecule has 0 saturated carbocycles. The Balaban J connectivity index is 1.80. The number of hydrogen-bond acceptors (Lipinski definition) is 3. The van der Waals surface area contributed by atoms with Crippen LogP contribution in [0.1, 0.15) is 52.4 Å². The van der Waals surface area contributed by atoms with E-state index in [9.17, 15) is 0 Å². The zero-order valence-electron chi connectivity index (χ0n) is 14.0. The maximum Gasteiger partial charge on any atom is 0.0277 e. The zero-order chi connectivity index (χ0) is 14.4. The first-order valence-electron chi connectivity index (χ1n) is 8.72. The number of likely N-dealkylation sites (N-methyl/N-ethyl adjacent to an activating group) is 1. The van der Waals surface area contributed by atoms with Crippen molar-refractivity contribution in [3.05, 3.63) is 0 Å². The van der Waals surface area contributed by atoms with E-state index in [1.807, 2.05) is 0 Å². The Morgan fingerprint density at radius 3 is 2.40 bits per heavy atom. The van der Waals surface area contributed by atoms with Gasteiger partial charge in [0.05, 0.1) is 0 Å². The van der Waals surface area contributed by atoms with Crippen molar-refractivity contribution in [2.75, 3.05) is 46.3 Å². The first-order valence-corrected chi connectivity index (χ1v) is 8.72. The minimum absolute atomic E-state index is 0.293. The Kier molecular flexibility index (Phi) is 6.31. The fraction of sp³-hybridized carbons (Fsp3) is 1.00. The molecule has 20 heavy (non-hydrogen) atoms. The molecule has 0 aromatic heterocycles. The molecule has 2 rings (SSSR count). The van der Waals surface area contributed by atoms with Crippen molar-refractivity contribution in [2.24, 2.45) is 5.92 Å². The highest BCUT2D eigenvalue weighted by Gasteiger charge is 2.28. The lowest BCUT2D eigenvalue weighted by Gasteiger charge is -2.41. The quantitative estimate of drug-likeness (QED) is 0.835. The summed E-state index contributed by atoms with van der Waals surface area (Å²) in [6.07, 6.45) is 8.40. The largest absolute Gasteiger partial charge is 0.316 e. The average molecular weight is 281 g/mol. The van der Waals surface area contributed by atoms with Gasteiger partial charge in [-0.2, -0.15) is 0 Å². The smallest absolute Gasteiger partial charge is 0.0277 e. The first-order chi connectivity index (χ1) is 9.58. The van der Waals surface area contributed by atoms with E-state index in [1.165, 1.54) is 77.8 Å². The molecule has 3 nitrogen and oxygen atoms in total. The van der Waals surface area contributed by atoms with Crippen LogP contribution in [0.2, 0.25) is 0 Å². The van der Waals surface area contributed by atoms with Crippen LogP contribution >= 0.6 is 0 Å². The summed E-state index contributed by atoms with van der Waals surface area (Å²) in [5.74, 6) is 0.845. The molecule has 2 saturated heterocycles. The lowest BCUT2D eigenvalue weighted by molar-refractivity contribution is 0.0798. The van der Waals surface area contributed by atoms with Gasteiger partial charge in [0.25, 0.3) is 0 Å². The molecule has 1 unspecified atom stereocenters. The van der Waals surface area contributed by atoms with Gasteiger partial charge in [-0.25, -0.2) is 0 Å². The van der Waals surface area contributed by atoms with E-state index in [1.54, 1.807) is 0 Å². The Morgan fingerprint density at radius 1 is 1.10 bits per heavy atom. The van der Waals surface area contributed by atoms with E-state index in [0.29, 0.717) is 5.54 Å². The average Bonchev–Trinajstić information content (AvgIpc) is 2.68. The van der Waals surface area contributed by atoms with Gasteiger partial charge in [-0.15, -0.1) is 0 Å². The molecule has 0 aliphatic carbocycles. The normalized spacial score (nSPS) is 26.7. The predicted octanol–water partition coefficient (Wildman–Crippen LogP) is 2.57. The molecular weight excluding hydrogens is 246 g/mol. The minimum Gasteiger partial charge on any atom is -0.316 e. The van der Waals surface area contributed by atoms with Crippen LogP contribution in [0.5, 0.6) is 0 Å². The third-order valence-corrected chi connectivity index (χ3v) is 5.27. The van der Waals surface area contributed by atoms with Crippen molar-refractivity contribution in [3.63, 3.8) is 0 Å². The Bertz CT molecular complexity index is 263. The van der Waals surface area contributed by atoms with Gasteiger partial charge < -0.3 is 10.2 Å². The number of rotatable bonds is 5. The van der Waals surface area contributed by atoms with Crippen LogP contribution in [-0.2, 0) is 0 Å². The van der Waals surface area contributed by atoms with Gasteiger partial charge in [-0.05, 0) is 78.7 Å². The van der Waals surface area contributed by atoms with E-state index in [4.69, 9.17) is 0 Å². The predicted molar refractivity (Wildman–Crippen MR) is 87.2 cm³/mol. The fourth-order valence-electron chi connectivity index (χ4n) is 3.68. The SMILES string of the molecule is CN(CC1CCCNC1)C(C)(C)CN1CCCCCC1. The third kappa shape index (κ3) is 5.01. The molecule has 3 heteroatoms. The zero-order valence-corrected chi connectivity index (χ0v) is 14.0. The maximum atomic E-state index is 3.54. The topological polar surface area (TPSA) is 18.5 Å². The van der Waals surface area contributed by atoms with Gasteiger partial charge in [0.2, 0.25) is 0 Å². The molecule has 1 atom stereocenters. The summed E-state index contributed by atoms with van der Waals surface area (Å²) in [6, 6.07) is 0. The first kappa shape index (κ1) is 16.3. The van der Waals surface area contributed by atoms with Gasteiger partial charge in [0.1, 0.15) is 0 Å². The molecule has 0 aromatic rings. The second-order valence-corrected chi connectivity index (χ2v) is 7.60. The monoisotopic (exact) mass is 281 g/mol. The van der Waals surface area contributed by atoms with Crippen molar-refractivity contribution >= 4 is 0 Å². The second-order valence-electron chi connectivity index (χ2n) is 7.60. The molecule has 0 aromatic carbocycles. The molecule has 0 bridgehead atoms. The second kappa shape index (κ2) is 7.77. The van der Waals surface area contributed by atoms with E-state index in [2.05, 4.69) is 36.0 Å². The van der Waals surface area contributed by atoms with E-state index in [-0.39, 0.29) is 0 Å². The van der Waals surface area contributed by atoms with Crippen molar-refractivity contribution in [2.45, 2.75) is 57.9 Å². The van der Waals surface area contributed by atoms with Crippen LogP contribution in [0, 0.1) is 5.92 Å². The molecule has 0 radical (unpaired) electrons. The van der Waals surface area contributed by atoms with Gasteiger partial charge in [0.15, 0.2) is 0 Å². The van der Waals surface area contributed by atoms with Crippen LogP contribution in [0.3, 0.4) is 0 Å². The highest BCUT2D eigenvalue weighted by atomic mass is 15.2. The molecule has 0 amide bonds. The van der Waals surface area contributed by atoms with Crippen molar-refractivity contribution in [3.8, 4) is 0 Å². The molecule has 2 heterocycles. The van der Waals surface area contributed by atoms with Gasteiger partial charge in [-0.1, -0.05) is 12.8 Å². The molecule has 118 valence electrons. The van der Waals surface area contributed by atoms with Crippen LogP contribution in [-0.4, -0.2) is 61.7 Å². The Hall–Kier alpha value is -0.120. The summed E-state index contributed by atoms with van der Waals surface area (Å²) in [5.41, 5.74) is 0.293. The van der Waals surface area contributed by atoms with Gasteiger partial charge in [0, 0.05) is 18.6 Å². The summed E-state index contributed by atoms with van der Waals surface area (Å²) in [4.78, 5) is 5.30. The number of nitrogens with zero attached hydrogens (tertiary/aromatic N) is 2. The lowest BCUT2D eigenvalue weighted by Crippen LogP contribution is -2.52. The lowest BCUT2D eigenvalue weighted by atomic mass is 9.95. The number of likely N-dealkylation sites (tertiary alicyclic amines) is 1. The maximum absolute atomic E-state index is 3.54. The summed E-state index contributed by atoms with van der Waals surface area (Å²) in [7, 11) is 2.33. The summed E-state index contributed by atoms with van der Waals surface area (Å²) >= 11 is 0. The Morgan fingerprint density at radius 2 is 1.80 bits per heavy atom. The van der Waals surface area contributed by atoms with Crippen LogP contribution in [0.15, 0.2) is 0 Å². The van der Waals surface area contributed by atoms with E-state index < -0.39 is 0 Å². The van der Waals surface area contributed by atoms with Crippen molar-refractivity contribution < 1.29 is 0 Å². The molecule has 0 spiro atoms. The van der Waals surface area contributed by atoms with E-state index in [0.717, 1.165) is 5.92 Å². The van der Waals surface area contributed by atoms with Crippen molar-refractivity contribution in [1.29, 1.82) is 0 Å². The molecule has 1 N–H and O–H groups in total. The highest BCUT2D eigenvalue weighted by molar-refractivity contribution is 4.86. The molecule has 2 fully saturated rings. The summed E-state index contributed by atoms with van der Waals surface area (Å²) in [6.45, 7) is 12.4. The van der Waals surface area contributed by atoms with Crippen LogP contribution in [0.4, 0.5) is 0 Å². The third-order valence-electron chi connectivity index (χ3n) is 5.27. The van der Waals surface area contributed by atoms with Crippen molar-refractivity contribution in [1.82, 2.24) is 15.1 Å². The summed E-state index contributed by atoms with van der Waals surface area (Å²) < 4.78 is 0. The highest BCUT2D eigenvalue weighted by Crippen LogP contribution is 2.21. The number of hydrogen-bond donors (Lipinski definition) is 1. The minimum atomic E-state index is 0.293. The Labute approximate surface area is 126 Å². The van der Waals surface area contributed by atoms with Crippen LogP contribution < -0.4 is 5.32 Å². The van der Waals surface area contributed by atoms with E-state index >= 15 is 0 Å². The van der Waals surface area contributed by atoms with Crippen LogP contribution in [0.25, 0.3) is 0 Å². The molecule has 2 aliphatic heterocycles. The van der Waals surface area contributed by atoms with Gasteiger partial charge >= 0.3 is 0 Å². The standard InChI is InChI=1S/C17H35N3/c1-17(2,15-20-11-6-4-5-7-12-20)19(3)14-16-9-8-10-18-13-16/h16,18H,4-15H2,1-3H3.